The van der Waals surface area contributed by atoms with Crippen LogP contribution in [-0.4, -0.2) is 11.5 Å². The summed E-state index contributed by atoms with van der Waals surface area (Å²) < 4.78 is 67.3. The Hall–Kier alpha value is -1.54. The zero-order valence-corrected chi connectivity index (χ0v) is 11.7. The fourth-order valence-corrected chi connectivity index (χ4v) is 2.64. The molecule has 0 aliphatic carbocycles. The highest BCUT2D eigenvalue weighted by molar-refractivity contribution is 7.09. The quantitative estimate of drug-likeness (QED) is 0.515. The van der Waals surface area contributed by atoms with Gasteiger partial charge in [-0.3, -0.25) is 0 Å². The van der Waals surface area contributed by atoms with Crippen molar-refractivity contribution in [2.24, 2.45) is 0 Å². The van der Waals surface area contributed by atoms with Gasteiger partial charge < -0.3 is 5.32 Å². The minimum absolute atomic E-state index is 0.0316. The number of aromatic nitrogens is 1. The molecule has 0 saturated carbocycles. The lowest BCUT2D eigenvalue weighted by Crippen LogP contribution is -2.26. The predicted molar refractivity (Wildman–Crippen MR) is 68.5 cm³/mol. The van der Waals surface area contributed by atoms with E-state index in [1.165, 1.54) is 17.5 Å². The Morgan fingerprint density at radius 1 is 1.05 bits per heavy atom. The van der Waals surface area contributed by atoms with E-state index in [9.17, 15) is 22.0 Å². The lowest BCUT2D eigenvalue weighted by atomic mass is 10.0. The summed E-state index contributed by atoms with van der Waals surface area (Å²) in [5.41, 5.74) is -0.858. The monoisotopic (exact) mass is 322 g/mol. The summed E-state index contributed by atoms with van der Waals surface area (Å²) >= 11 is 1.24. The number of likely N-dealkylation sites (N-methyl/N-ethyl adjacent to an activating group) is 1. The second-order valence-electron chi connectivity index (χ2n) is 4.22. The Labute approximate surface area is 121 Å². The summed E-state index contributed by atoms with van der Waals surface area (Å²) in [5.74, 6) is -9.65. The third kappa shape index (κ3) is 3.06. The van der Waals surface area contributed by atoms with Crippen LogP contribution in [0.4, 0.5) is 22.0 Å². The van der Waals surface area contributed by atoms with Crippen LogP contribution in [0.15, 0.2) is 11.6 Å². The first kappa shape index (κ1) is 15.8. The molecule has 1 atom stereocenters. The van der Waals surface area contributed by atoms with Crippen LogP contribution >= 0.6 is 11.3 Å². The molecule has 2 aromatic rings. The Morgan fingerprint density at radius 2 is 1.62 bits per heavy atom. The van der Waals surface area contributed by atoms with Gasteiger partial charge in [0.2, 0.25) is 5.82 Å². The van der Waals surface area contributed by atoms with E-state index in [0.29, 0.717) is 11.6 Å². The first-order valence-electron chi connectivity index (χ1n) is 6.10. The fourth-order valence-electron chi connectivity index (χ4n) is 1.98. The zero-order chi connectivity index (χ0) is 15.6. The van der Waals surface area contributed by atoms with Gasteiger partial charge in [-0.2, -0.15) is 0 Å². The van der Waals surface area contributed by atoms with Crippen LogP contribution in [0.2, 0.25) is 0 Å². The smallest absolute Gasteiger partial charge is 0.200 e. The van der Waals surface area contributed by atoms with E-state index in [0.717, 1.165) is 0 Å². The first-order valence-corrected chi connectivity index (χ1v) is 6.98. The van der Waals surface area contributed by atoms with Gasteiger partial charge in [0, 0.05) is 29.6 Å². The van der Waals surface area contributed by atoms with Gasteiger partial charge >= 0.3 is 0 Å². The highest BCUT2D eigenvalue weighted by atomic mass is 32.1. The molecule has 21 heavy (non-hydrogen) atoms. The molecule has 1 heterocycles. The number of hydrogen-bond donors (Lipinski definition) is 1. The molecule has 0 aliphatic rings. The summed E-state index contributed by atoms with van der Waals surface area (Å²) in [5, 5.41) is 4.92. The Kier molecular flexibility index (Phi) is 4.89. The van der Waals surface area contributed by atoms with Crippen molar-refractivity contribution in [3.63, 3.8) is 0 Å². The standard InChI is InChI=1S/C13H11F5N2S/c1-2-19-6(5-7-20-3-4-21-7)8-9(14)11(16)13(18)12(17)10(8)15/h3-4,6,19H,2,5H2,1H3. The number of thiazole rings is 1. The molecule has 114 valence electrons. The maximum Gasteiger partial charge on any atom is 0.200 e. The fraction of sp³-hybridized carbons (Fsp3) is 0.308. The molecule has 0 spiro atoms. The summed E-state index contributed by atoms with van der Waals surface area (Å²) in [6, 6.07) is -1.05. The molecule has 1 N–H and O–H groups in total. The van der Waals surface area contributed by atoms with Gasteiger partial charge in [-0.05, 0) is 6.54 Å². The number of rotatable bonds is 5. The van der Waals surface area contributed by atoms with Crippen molar-refractivity contribution in [1.82, 2.24) is 10.3 Å². The number of hydrogen-bond acceptors (Lipinski definition) is 3. The van der Waals surface area contributed by atoms with Gasteiger partial charge in [-0.1, -0.05) is 6.92 Å². The van der Waals surface area contributed by atoms with Crippen molar-refractivity contribution < 1.29 is 22.0 Å². The minimum Gasteiger partial charge on any atom is -0.310 e. The van der Waals surface area contributed by atoms with Crippen LogP contribution in [0, 0.1) is 29.1 Å². The largest absolute Gasteiger partial charge is 0.310 e. The van der Waals surface area contributed by atoms with Gasteiger partial charge in [0.25, 0.3) is 0 Å². The van der Waals surface area contributed by atoms with E-state index in [1.807, 2.05) is 0 Å². The third-order valence-corrected chi connectivity index (χ3v) is 3.71. The molecule has 0 aliphatic heterocycles. The molecule has 1 aromatic heterocycles. The molecule has 0 radical (unpaired) electrons. The molecule has 0 amide bonds. The third-order valence-electron chi connectivity index (χ3n) is 2.90. The molecule has 8 heteroatoms. The van der Waals surface area contributed by atoms with Gasteiger partial charge in [0.05, 0.1) is 5.01 Å². The first-order chi connectivity index (χ1) is 9.97. The highest BCUT2D eigenvalue weighted by Gasteiger charge is 2.30. The van der Waals surface area contributed by atoms with E-state index < -0.39 is 40.7 Å². The van der Waals surface area contributed by atoms with Gasteiger partial charge in [-0.25, -0.2) is 26.9 Å². The number of halogens is 5. The topological polar surface area (TPSA) is 24.9 Å². The van der Waals surface area contributed by atoms with Crippen molar-refractivity contribution in [3.8, 4) is 0 Å². The van der Waals surface area contributed by atoms with E-state index in [4.69, 9.17) is 0 Å². The summed E-state index contributed by atoms with van der Waals surface area (Å²) in [4.78, 5) is 3.96. The lowest BCUT2D eigenvalue weighted by molar-refractivity contribution is 0.356. The van der Waals surface area contributed by atoms with E-state index in [-0.39, 0.29) is 6.42 Å². The van der Waals surface area contributed by atoms with E-state index in [1.54, 1.807) is 12.3 Å². The molecule has 1 aromatic carbocycles. The molecule has 0 bridgehead atoms. The van der Waals surface area contributed by atoms with Crippen LogP contribution in [0.5, 0.6) is 0 Å². The van der Waals surface area contributed by atoms with Gasteiger partial charge in [0.1, 0.15) is 0 Å². The summed E-state index contributed by atoms with van der Waals surface area (Å²) in [7, 11) is 0. The van der Waals surface area contributed by atoms with Crippen molar-refractivity contribution in [2.45, 2.75) is 19.4 Å². The summed E-state index contributed by atoms with van der Waals surface area (Å²) in [6.07, 6.45) is 1.53. The van der Waals surface area contributed by atoms with Gasteiger partial charge in [0.15, 0.2) is 23.3 Å². The van der Waals surface area contributed by atoms with E-state index in [2.05, 4.69) is 10.3 Å². The number of nitrogens with one attached hydrogen (secondary N) is 1. The normalized spacial score (nSPS) is 12.7. The Bertz CT molecular complexity index is 601. The second-order valence-corrected chi connectivity index (χ2v) is 5.20. The van der Waals surface area contributed by atoms with Crippen molar-refractivity contribution >= 4 is 11.3 Å². The number of nitrogens with zero attached hydrogens (tertiary/aromatic N) is 1. The average Bonchev–Trinajstić information content (AvgIpc) is 2.96. The van der Waals surface area contributed by atoms with Crippen LogP contribution in [-0.2, 0) is 6.42 Å². The maximum absolute atomic E-state index is 13.8. The summed E-state index contributed by atoms with van der Waals surface area (Å²) in [6.45, 7) is 1.97. The highest BCUT2D eigenvalue weighted by Crippen LogP contribution is 2.30. The predicted octanol–water partition coefficient (Wildman–Crippen LogP) is 3.73. The van der Waals surface area contributed by atoms with Crippen LogP contribution in [0.1, 0.15) is 23.5 Å². The minimum atomic E-state index is -2.15. The zero-order valence-electron chi connectivity index (χ0n) is 10.9. The molecule has 0 fully saturated rings. The number of benzene rings is 1. The van der Waals surface area contributed by atoms with Gasteiger partial charge in [-0.15, -0.1) is 11.3 Å². The molecular weight excluding hydrogens is 311 g/mol. The van der Waals surface area contributed by atoms with Crippen molar-refractivity contribution in [2.75, 3.05) is 6.54 Å². The maximum atomic E-state index is 13.8. The lowest BCUT2D eigenvalue weighted by Gasteiger charge is -2.19. The average molecular weight is 322 g/mol. The molecule has 0 saturated heterocycles. The molecular formula is C13H11F5N2S. The molecule has 2 nitrogen and oxygen atoms in total. The van der Waals surface area contributed by atoms with Crippen LogP contribution in [0.25, 0.3) is 0 Å². The Morgan fingerprint density at radius 3 is 2.10 bits per heavy atom. The van der Waals surface area contributed by atoms with Crippen LogP contribution < -0.4 is 5.32 Å². The second kappa shape index (κ2) is 6.48. The SMILES string of the molecule is CCNC(Cc1nccs1)c1c(F)c(F)c(F)c(F)c1F. The van der Waals surface area contributed by atoms with E-state index >= 15 is 0 Å². The molecule has 1 unspecified atom stereocenters. The van der Waals surface area contributed by atoms with Crippen molar-refractivity contribution in [1.29, 1.82) is 0 Å². The van der Waals surface area contributed by atoms with Crippen molar-refractivity contribution in [3.05, 3.63) is 51.2 Å². The Balaban J connectivity index is 2.49. The van der Waals surface area contributed by atoms with Crippen LogP contribution in [0.3, 0.4) is 0 Å². The molecule has 2 rings (SSSR count).